The van der Waals surface area contributed by atoms with E-state index in [0.717, 1.165) is 28.2 Å². The second-order valence-electron chi connectivity index (χ2n) is 5.47. The zero-order valence-electron chi connectivity index (χ0n) is 14.3. The monoisotopic (exact) mass is 355 g/mol. The quantitative estimate of drug-likeness (QED) is 0.390. The minimum atomic E-state index is 0.515. The van der Waals surface area contributed by atoms with E-state index < -0.39 is 0 Å². The van der Waals surface area contributed by atoms with Crippen LogP contribution in [-0.2, 0) is 0 Å². The van der Waals surface area contributed by atoms with Crippen LogP contribution in [0.15, 0.2) is 42.1 Å². The molecule has 0 aliphatic heterocycles. The Kier molecular flexibility index (Phi) is 4.46. The maximum atomic E-state index is 6.31. The Bertz CT molecular complexity index is 971. The van der Waals surface area contributed by atoms with E-state index in [4.69, 9.17) is 16.3 Å². The summed E-state index contributed by atoms with van der Waals surface area (Å²) >= 11 is 6.31. The molecular weight excluding hydrogens is 338 g/mol. The predicted octanol–water partition coefficient (Wildman–Crippen LogP) is 4.24. The van der Waals surface area contributed by atoms with Crippen LogP contribution in [0, 0.1) is 13.8 Å². The minimum absolute atomic E-state index is 0.515. The molecule has 0 saturated heterocycles. The van der Waals surface area contributed by atoms with Crippen molar-refractivity contribution in [2.75, 3.05) is 12.1 Å². The maximum absolute atomic E-state index is 6.31. The van der Waals surface area contributed by atoms with Gasteiger partial charge in [-0.2, -0.15) is 10.2 Å². The molecule has 0 fully saturated rings. The van der Waals surface area contributed by atoms with E-state index >= 15 is 0 Å². The van der Waals surface area contributed by atoms with Crippen LogP contribution in [0.3, 0.4) is 0 Å². The highest BCUT2D eigenvalue weighted by atomic mass is 35.5. The number of hydrogen-bond acceptors (Lipinski definition) is 5. The highest BCUT2D eigenvalue weighted by Gasteiger charge is 2.19. The molecule has 3 rings (SSSR count). The fourth-order valence-corrected chi connectivity index (χ4v) is 3.06. The lowest BCUT2D eigenvalue weighted by Gasteiger charge is -2.16. The number of hydrogen-bond donors (Lipinski definition) is 0. The molecule has 0 bridgehead atoms. The van der Waals surface area contributed by atoms with Crippen LogP contribution >= 0.6 is 11.6 Å². The Morgan fingerprint density at radius 3 is 2.72 bits per heavy atom. The average molecular weight is 356 g/mol. The summed E-state index contributed by atoms with van der Waals surface area (Å²) in [6.45, 7) is 11.1. The van der Waals surface area contributed by atoms with Crippen molar-refractivity contribution in [3.05, 3.63) is 53.6 Å². The van der Waals surface area contributed by atoms with Crippen LogP contribution in [-0.4, -0.2) is 28.4 Å². The summed E-state index contributed by atoms with van der Waals surface area (Å²) in [6.07, 6.45) is 1.58. The highest BCUT2D eigenvalue weighted by molar-refractivity contribution is 6.29. The molecule has 2 heterocycles. The number of ether oxygens (including phenoxy) is 1. The zero-order chi connectivity index (χ0) is 18.1. The van der Waals surface area contributed by atoms with Gasteiger partial charge in [0.25, 0.3) is 0 Å². The Labute approximate surface area is 151 Å². The number of fused-ring (bicyclic) bond motifs is 1. The third-order valence-corrected chi connectivity index (χ3v) is 4.16. The third-order valence-electron chi connectivity index (χ3n) is 3.89. The Morgan fingerprint density at radius 2 is 2.08 bits per heavy atom. The molecule has 0 amide bonds. The van der Waals surface area contributed by atoms with Crippen LogP contribution < -0.4 is 9.75 Å². The fraction of sp³-hybridized carbons (Fsp3) is 0.167. The lowest BCUT2D eigenvalue weighted by atomic mass is 10.0. The number of aromatic nitrogens is 3. The molecule has 25 heavy (non-hydrogen) atoms. The Balaban J connectivity index is 2.26. The molecule has 128 valence electrons. The third kappa shape index (κ3) is 2.85. The molecule has 0 radical (unpaired) electrons. The number of halogens is 1. The van der Waals surface area contributed by atoms with E-state index in [0.29, 0.717) is 16.5 Å². The van der Waals surface area contributed by atoms with Crippen molar-refractivity contribution in [2.24, 2.45) is 5.10 Å². The van der Waals surface area contributed by atoms with E-state index in [1.54, 1.807) is 28.9 Å². The molecule has 0 atom stereocenters. The van der Waals surface area contributed by atoms with Gasteiger partial charge in [0.15, 0.2) is 5.65 Å². The largest absolute Gasteiger partial charge is 0.496 e. The molecule has 0 N–H and O–H groups in total. The molecule has 0 unspecified atom stereocenters. The van der Waals surface area contributed by atoms with Crippen LogP contribution in [0.2, 0.25) is 5.15 Å². The molecule has 0 spiro atoms. The van der Waals surface area contributed by atoms with Crippen LogP contribution in [0.5, 0.6) is 5.75 Å². The van der Waals surface area contributed by atoms with E-state index in [9.17, 15) is 0 Å². The van der Waals surface area contributed by atoms with Gasteiger partial charge in [0.1, 0.15) is 10.9 Å². The Morgan fingerprint density at radius 1 is 1.32 bits per heavy atom. The first kappa shape index (κ1) is 17.0. The molecule has 0 saturated carbocycles. The molecule has 1 aromatic carbocycles. The van der Waals surface area contributed by atoms with Gasteiger partial charge in [0.2, 0.25) is 0 Å². The normalized spacial score (nSPS) is 10.7. The number of nitrogens with zero attached hydrogens (tertiary/aromatic N) is 5. The molecule has 6 nitrogen and oxygen atoms in total. The second kappa shape index (κ2) is 6.57. The molecular formula is C18H18ClN5O. The van der Waals surface area contributed by atoms with Gasteiger partial charge in [-0.15, -0.1) is 0 Å². The molecule has 0 aliphatic carbocycles. The Hall–Kier alpha value is -2.86. The van der Waals surface area contributed by atoms with Crippen molar-refractivity contribution in [1.82, 2.24) is 14.6 Å². The number of hydrazone groups is 1. The predicted molar refractivity (Wildman–Crippen MR) is 102 cm³/mol. The van der Waals surface area contributed by atoms with Gasteiger partial charge in [0.05, 0.1) is 24.1 Å². The summed E-state index contributed by atoms with van der Waals surface area (Å²) < 4.78 is 7.23. The van der Waals surface area contributed by atoms with Crippen LogP contribution in [0.4, 0.5) is 5.69 Å². The number of aryl methyl sites for hydroxylation is 2. The number of benzene rings is 1. The van der Waals surface area contributed by atoms with Gasteiger partial charge < -0.3 is 4.74 Å². The first-order valence-electron chi connectivity index (χ1n) is 7.59. The summed E-state index contributed by atoms with van der Waals surface area (Å²) in [4.78, 5) is 4.60. The highest BCUT2D eigenvalue weighted by Crippen LogP contribution is 2.38. The van der Waals surface area contributed by atoms with Gasteiger partial charge in [-0.1, -0.05) is 18.2 Å². The summed E-state index contributed by atoms with van der Waals surface area (Å²) in [5, 5.41) is 10.5. The van der Waals surface area contributed by atoms with E-state index in [1.807, 2.05) is 32.0 Å². The maximum Gasteiger partial charge on any atom is 0.165 e. The van der Waals surface area contributed by atoms with Crippen LogP contribution in [0.1, 0.15) is 11.4 Å². The van der Waals surface area contributed by atoms with Gasteiger partial charge >= 0.3 is 0 Å². The second-order valence-corrected chi connectivity index (χ2v) is 5.86. The number of rotatable bonds is 5. The van der Waals surface area contributed by atoms with Crippen molar-refractivity contribution >= 4 is 29.7 Å². The summed E-state index contributed by atoms with van der Waals surface area (Å²) in [5.41, 5.74) is 4.88. The van der Waals surface area contributed by atoms with Gasteiger partial charge in [-0.3, -0.25) is 0 Å². The molecule has 3 aromatic rings. The van der Waals surface area contributed by atoms with E-state index in [2.05, 4.69) is 28.5 Å². The lowest BCUT2D eigenvalue weighted by molar-refractivity contribution is 0.416. The standard InChI is InChI=1S/C18H18ClN5O/c1-6-23(20-4)13-7-8-14(15(10-13)25-5)17-12(3)22-24-16(19)9-11(2)21-18(17)24/h6-10H,1,4H2,2-3,5H3. The summed E-state index contributed by atoms with van der Waals surface area (Å²) in [5.74, 6) is 0.672. The molecule has 2 aromatic heterocycles. The zero-order valence-corrected chi connectivity index (χ0v) is 15.1. The molecule has 7 heteroatoms. The van der Waals surface area contributed by atoms with Crippen molar-refractivity contribution in [2.45, 2.75) is 13.8 Å². The van der Waals surface area contributed by atoms with Crippen molar-refractivity contribution in [3.63, 3.8) is 0 Å². The van der Waals surface area contributed by atoms with Crippen LogP contribution in [0.25, 0.3) is 16.8 Å². The van der Waals surface area contributed by atoms with Gasteiger partial charge in [-0.25, -0.2) is 14.5 Å². The van der Waals surface area contributed by atoms with Crippen molar-refractivity contribution in [1.29, 1.82) is 0 Å². The first-order valence-corrected chi connectivity index (χ1v) is 7.97. The van der Waals surface area contributed by atoms with Crippen molar-refractivity contribution < 1.29 is 4.74 Å². The fourth-order valence-electron chi connectivity index (χ4n) is 2.79. The smallest absolute Gasteiger partial charge is 0.165 e. The number of anilines is 1. The first-order chi connectivity index (χ1) is 12.0. The lowest BCUT2D eigenvalue weighted by Crippen LogP contribution is -2.05. The summed E-state index contributed by atoms with van der Waals surface area (Å²) in [6, 6.07) is 7.50. The van der Waals surface area contributed by atoms with E-state index in [1.165, 1.54) is 0 Å². The molecule has 0 aliphatic rings. The van der Waals surface area contributed by atoms with Crippen molar-refractivity contribution in [3.8, 4) is 16.9 Å². The van der Waals surface area contributed by atoms with E-state index in [-0.39, 0.29) is 0 Å². The minimum Gasteiger partial charge on any atom is -0.496 e. The topological polar surface area (TPSA) is 55.0 Å². The average Bonchev–Trinajstić information content (AvgIpc) is 2.92. The SMILES string of the molecule is C=CN(N=C)c1ccc(-c2c(C)nn3c(Cl)cc(C)nc23)c(OC)c1. The number of methoxy groups -OCH3 is 1. The van der Waals surface area contributed by atoms with Gasteiger partial charge in [0, 0.05) is 30.2 Å². The van der Waals surface area contributed by atoms with Gasteiger partial charge in [-0.05, 0) is 32.0 Å². The summed E-state index contributed by atoms with van der Waals surface area (Å²) in [7, 11) is 1.62.